The zero-order chi connectivity index (χ0) is 22.5. The van der Waals surface area contributed by atoms with Gasteiger partial charge in [0.05, 0.1) is 19.8 Å². The Hall–Kier alpha value is -3.94. The molecule has 0 bridgehead atoms. The van der Waals surface area contributed by atoms with E-state index in [0.29, 0.717) is 54.6 Å². The average molecular weight is 432 g/mol. The van der Waals surface area contributed by atoms with E-state index in [0.717, 1.165) is 5.56 Å². The summed E-state index contributed by atoms with van der Waals surface area (Å²) in [6.45, 7) is 1.78. The lowest BCUT2D eigenvalue weighted by Gasteiger charge is -2.34. The van der Waals surface area contributed by atoms with Gasteiger partial charge in [0, 0.05) is 49.7 Å². The Morgan fingerprint density at radius 1 is 0.750 bits per heavy atom. The first-order chi connectivity index (χ1) is 15.6. The molecule has 0 saturated carbocycles. The summed E-state index contributed by atoms with van der Waals surface area (Å²) in [5, 5.41) is 0. The van der Waals surface area contributed by atoms with Crippen molar-refractivity contribution in [3.63, 3.8) is 0 Å². The van der Waals surface area contributed by atoms with Crippen LogP contribution in [0.4, 0.5) is 0 Å². The second-order valence-electron chi connectivity index (χ2n) is 7.32. The topological polar surface area (TPSA) is 84.9 Å². The third-order valence-corrected chi connectivity index (χ3v) is 5.42. The normalized spacial score (nSPS) is 13.6. The molecule has 32 heavy (non-hydrogen) atoms. The van der Waals surface area contributed by atoms with E-state index in [4.69, 9.17) is 9.47 Å². The number of carbonyl (C=O) groups excluding carboxylic acids is 2. The molecule has 0 N–H and O–H groups in total. The van der Waals surface area contributed by atoms with Crippen molar-refractivity contribution in [3.05, 3.63) is 72.1 Å². The summed E-state index contributed by atoms with van der Waals surface area (Å²) in [5.74, 6) is 1.41. The van der Waals surface area contributed by atoms with Crippen LogP contribution in [-0.4, -0.2) is 72.0 Å². The molecule has 0 aliphatic carbocycles. The summed E-state index contributed by atoms with van der Waals surface area (Å²) >= 11 is 0. The highest BCUT2D eigenvalue weighted by atomic mass is 16.5. The van der Waals surface area contributed by atoms with Gasteiger partial charge in [0.1, 0.15) is 0 Å². The van der Waals surface area contributed by atoms with Crippen molar-refractivity contribution in [1.82, 2.24) is 19.8 Å². The van der Waals surface area contributed by atoms with Crippen molar-refractivity contribution in [2.24, 2.45) is 0 Å². The first-order valence-electron chi connectivity index (χ1n) is 10.3. The molecule has 0 atom stereocenters. The third-order valence-electron chi connectivity index (χ3n) is 5.42. The van der Waals surface area contributed by atoms with Gasteiger partial charge in [-0.1, -0.05) is 30.3 Å². The lowest BCUT2D eigenvalue weighted by Crippen LogP contribution is -2.50. The Morgan fingerprint density at radius 3 is 1.88 bits per heavy atom. The number of carbonyl (C=O) groups is 2. The second-order valence-corrected chi connectivity index (χ2v) is 7.32. The summed E-state index contributed by atoms with van der Waals surface area (Å²) in [6.07, 6.45) is 3.11. The fourth-order valence-electron chi connectivity index (χ4n) is 3.62. The molecule has 4 rings (SSSR count). The molecule has 0 unspecified atom stereocenters. The van der Waals surface area contributed by atoms with Crippen LogP contribution in [0.3, 0.4) is 0 Å². The molecule has 1 aliphatic rings. The number of rotatable bonds is 5. The largest absolute Gasteiger partial charge is 0.493 e. The van der Waals surface area contributed by atoms with Gasteiger partial charge >= 0.3 is 0 Å². The molecule has 0 spiro atoms. The predicted molar refractivity (Wildman–Crippen MR) is 119 cm³/mol. The van der Waals surface area contributed by atoms with E-state index >= 15 is 0 Å². The van der Waals surface area contributed by atoms with E-state index in [1.807, 2.05) is 30.3 Å². The van der Waals surface area contributed by atoms with Crippen LogP contribution >= 0.6 is 0 Å². The molecule has 1 aromatic heterocycles. The molecule has 1 fully saturated rings. The van der Waals surface area contributed by atoms with Crippen molar-refractivity contribution in [2.75, 3.05) is 40.4 Å². The van der Waals surface area contributed by atoms with Crippen LogP contribution in [0.1, 0.15) is 20.7 Å². The van der Waals surface area contributed by atoms with E-state index in [1.54, 1.807) is 47.5 Å². The maximum Gasteiger partial charge on any atom is 0.257 e. The fourth-order valence-corrected chi connectivity index (χ4v) is 3.62. The van der Waals surface area contributed by atoms with E-state index in [-0.39, 0.29) is 11.8 Å². The average Bonchev–Trinajstić information content (AvgIpc) is 2.88. The number of aromatic nitrogens is 2. The van der Waals surface area contributed by atoms with E-state index < -0.39 is 0 Å². The van der Waals surface area contributed by atoms with Crippen LogP contribution < -0.4 is 9.47 Å². The number of hydrogen-bond acceptors (Lipinski definition) is 6. The van der Waals surface area contributed by atoms with Crippen LogP contribution in [0.15, 0.2) is 60.9 Å². The van der Waals surface area contributed by atoms with Gasteiger partial charge in [0.15, 0.2) is 17.3 Å². The molecular formula is C24H24N4O4. The SMILES string of the molecule is COc1ccc(C(=O)N2CCN(C(=O)c3cnc(-c4ccccc4)nc3)CC2)cc1OC. The Balaban J connectivity index is 1.38. The zero-order valence-electron chi connectivity index (χ0n) is 18.0. The van der Waals surface area contributed by atoms with Gasteiger partial charge in [-0.15, -0.1) is 0 Å². The number of ether oxygens (including phenoxy) is 2. The number of hydrogen-bond donors (Lipinski definition) is 0. The van der Waals surface area contributed by atoms with Gasteiger partial charge < -0.3 is 19.3 Å². The highest BCUT2D eigenvalue weighted by Crippen LogP contribution is 2.28. The summed E-state index contributed by atoms with van der Waals surface area (Å²) in [4.78, 5) is 37.9. The van der Waals surface area contributed by atoms with Crippen LogP contribution in [-0.2, 0) is 0 Å². The summed E-state index contributed by atoms with van der Waals surface area (Å²) in [7, 11) is 3.09. The summed E-state index contributed by atoms with van der Waals surface area (Å²) in [5.41, 5.74) is 1.85. The van der Waals surface area contributed by atoms with Gasteiger partial charge in [-0.2, -0.15) is 0 Å². The Labute approximate surface area is 186 Å². The van der Waals surface area contributed by atoms with Crippen LogP contribution in [0, 0.1) is 0 Å². The predicted octanol–water partition coefficient (Wildman–Crippen LogP) is 2.76. The number of piperazine rings is 1. The van der Waals surface area contributed by atoms with E-state index in [2.05, 4.69) is 9.97 Å². The van der Waals surface area contributed by atoms with Crippen LogP contribution in [0.2, 0.25) is 0 Å². The molecule has 3 aromatic rings. The molecule has 2 amide bonds. The van der Waals surface area contributed by atoms with Crippen molar-refractivity contribution in [3.8, 4) is 22.9 Å². The van der Waals surface area contributed by atoms with Crippen LogP contribution in [0.5, 0.6) is 11.5 Å². The number of methoxy groups -OCH3 is 2. The van der Waals surface area contributed by atoms with Gasteiger partial charge in [0.25, 0.3) is 11.8 Å². The number of benzene rings is 2. The summed E-state index contributed by atoms with van der Waals surface area (Å²) < 4.78 is 10.5. The van der Waals surface area contributed by atoms with Crippen LogP contribution in [0.25, 0.3) is 11.4 Å². The van der Waals surface area contributed by atoms with Crippen molar-refractivity contribution in [2.45, 2.75) is 0 Å². The lowest BCUT2D eigenvalue weighted by molar-refractivity contribution is 0.0535. The lowest BCUT2D eigenvalue weighted by atomic mass is 10.1. The molecule has 1 aliphatic heterocycles. The molecule has 2 aromatic carbocycles. The molecule has 8 heteroatoms. The van der Waals surface area contributed by atoms with Gasteiger partial charge in [-0.3, -0.25) is 9.59 Å². The maximum atomic E-state index is 12.9. The van der Waals surface area contributed by atoms with Crippen molar-refractivity contribution < 1.29 is 19.1 Å². The monoisotopic (exact) mass is 432 g/mol. The minimum Gasteiger partial charge on any atom is -0.493 e. The van der Waals surface area contributed by atoms with Gasteiger partial charge in [-0.05, 0) is 18.2 Å². The number of nitrogens with zero attached hydrogens (tertiary/aromatic N) is 4. The van der Waals surface area contributed by atoms with Gasteiger partial charge in [-0.25, -0.2) is 9.97 Å². The highest BCUT2D eigenvalue weighted by Gasteiger charge is 2.26. The highest BCUT2D eigenvalue weighted by molar-refractivity contribution is 5.96. The first kappa shape index (κ1) is 21.3. The minimum atomic E-state index is -0.136. The smallest absolute Gasteiger partial charge is 0.257 e. The maximum absolute atomic E-state index is 12.9. The Morgan fingerprint density at radius 2 is 1.31 bits per heavy atom. The molecule has 0 radical (unpaired) electrons. The zero-order valence-corrected chi connectivity index (χ0v) is 18.0. The minimum absolute atomic E-state index is 0.103. The Kier molecular flexibility index (Phi) is 6.30. The quantitative estimate of drug-likeness (QED) is 0.616. The third kappa shape index (κ3) is 4.39. The molecule has 8 nitrogen and oxygen atoms in total. The molecule has 164 valence electrons. The standard InChI is InChI=1S/C24H24N4O4/c1-31-20-9-8-18(14-21(20)32-2)23(29)27-10-12-28(13-11-27)24(30)19-15-25-22(26-16-19)17-6-4-3-5-7-17/h3-9,14-16H,10-13H2,1-2H3. The molecule has 1 saturated heterocycles. The molecular weight excluding hydrogens is 408 g/mol. The van der Waals surface area contributed by atoms with Crippen molar-refractivity contribution >= 4 is 11.8 Å². The molecule has 2 heterocycles. The van der Waals surface area contributed by atoms with E-state index in [9.17, 15) is 9.59 Å². The van der Waals surface area contributed by atoms with E-state index in [1.165, 1.54) is 7.11 Å². The number of amides is 2. The fraction of sp³-hybridized carbons (Fsp3) is 0.250. The first-order valence-corrected chi connectivity index (χ1v) is 10.3. The summed E-state index contributed by atoms with van der Waals surface area (Å²) in [6, 6.07) is 14.7. The Bertz CT molecular complexity index is 1090. The van der Waals surface area contributed by atoms with Gasteiger partial charge in [0.2, 0.25) is 0 Å². The van der Waals surface area contributed by atoms with Crippen molar-refractivity contribution in [1.29, 1.82) is 0 Å². The second kappa shape index (κ2) is 9.47.